The Bertz CT molecular complexity index is 99.1. The zero-order valence-corrected chi connectivity index (χ0v) is 4.39. The first kappa shape index (κ1) is 4.61. The molecule has 0 spiro atoms. The molecule has 0 saturated carbocycles. The highest BCUT2D eigenvalue weighted by atomic mass is 15.3. The summed E-state index contributed by atoms with van der Waals surface area (Å²) in [6.07, 6.45) is 0. The number of hydrogen-bond acceptors (Lipinski definition) is 2. The summed E-state index contributed by atoms with van der Waals surface area (Å²) in [5.74, 6) is 0. The van der Waals surface area contributed by atoms with Crippen LogP contribution < -0.4 is 0 Å². The van der Waals surface area contributed by atoms with Crippen LogP contribution in [0.25, 0.3) is 0 Å². The van der Waals surface area contributed by atoms with E-state index in [1.54, 1.807) is 0 Å². The molecule has 0 aromatic carbocycles. The molecule has 0 amide bonds. The predicted molar refractivity (Wildman–Crippen MR) is 26.6 cm³/mol. The van der Waals surface area contributed by atoms with Gasteiger partial charge < -0.3 is 0 Å². The fraction of sp³-hybridized carbons (Fsp3) is 0.800. The maximum absolute atomic E-state index is 8.25. The summed E-state index contributed by atoms with van der Waals surface area (Å²) in [5, 5.41) is 8.25. The normalized spacial score (nSPS) is 23.4. The van der Waals surface area contributed by atoms with Crippen molar-refractivity contribution in [1.82, 2.24) is 4.90 Å². The van der Waals surface area contributed by atoms with E-state index in [0.717, 1.165) is 13.1 Å². The number of nitriles is 1. The minimum Gasteiger partial charge on any atom is -0.286 e. The van der Waals surface area contributed by atoms with Gasteiger partial charge in [-0.15, -0.1) is 0 Å². The molecule has 2 heteroatoms. The maximum atomic E-state index is 8.25. The van der Waals surface area contributed by atoms with Gasteiger partial charge in [0.2, 0.25) is 0 Å². The van der Waals surface area contributed by atoms with Crippen molar-refractivity contribution < 1.29 is 0 Å². The van der Waals surface area contributed by atoms with E-state index >= 15 is 0 Å². The van der Waals surface area contributed by atoms with Crippen LogP contribution in [0.2, 0.25) is 0 Å². The lowest BCUT2D eigenvalue weighted by Crippen LogP contribution is -2.09. The Kier molecular flexibility index (Phi) is 0.994. The van der Waals surface area contributed by atoms with E-state index < -0.39 is 0 Å². The van der Waals surface area contributed by atoms with Gasteiger partial charge in [0.15, 0.2) is 0 Å². The Morgan fingerprint density at radius 1 is 1.71 bits per heavy atom. The molecule has 1 unspecified atom stereocenters. The summed E-state index contributed by atoms with van der Waals surface area (Å²) in [4.78, 5) is 2.11. The van der Waals surface area contributed by atoms with Gasteiger partial charge in [-0.05, 0) is 6.92 Å². The van der Waals surface area contributed by atoms with Crippen LogP contribution >= 0.6 is 0 Å². The van der Waals surface area contributed by atoms with Crippen molar-refractivity contribution in [2.45, 2.75) is 13.0 Å². The molecule has 1 fully saturated rings. The molecule has 0 N–H and O–H groups in total. The number of hydrogen-bond donors (Lipinski definition) is 0. The number of rotatable bonds is 1. The minimum atomic E-state index is 0.153. The molecule has 0 radical (unpaired) electrons. The fourth-order valence-corrected chi connectivity index (χ4v) is 0.527. The van der Waals surface area contributed by atoms with Crippen molar-refractivity contribution >= 4 is 0 Å². The van der Waals surface area contributed by atoms with Crippen LogP contribution in [0.4, 0.5) is 0 Å². The highest BCUT2D eigenvalue weighted by Crippen LogP contribution is 2.07. The third-order valence-corrected chi connectivity index (χ3v) is 1.22. The first-order valence-electron chi connectivity index (χ1n) is 2.48. The molecule has 1 saturated heterocycles. The van der Waals surface area contributed by atoms with Gasteiger partial charge in [0, 0.05) is 13.1 Å². The summed E-state index contributed by atoms with van der Waals surface area (Å²) in [6, 6.07) is 2.31. The molecule has 0 aliphatic carbocycles. The van der Waals surface area contributed by atoms with Gasteiger partial charge in [-0.1, -0.05) is 0 Å². The molecular formula is C5H8N2. The largest absolute Gasteiger partial charge is 0.286 e. The average Bonchev–Trinajstić information content (AvgIpc) is 2.44. The summed E-state index contributed by atoms with van der Waals surface area (Å²) < 4.78 is 0. The van der Waals surface area contributed by atoms with Gasteiger partial charge in [-0.25, -0.2) is 0 Å². The second-order valence-electron chi connectivity index (χ2n) is 1.84. The van der Waals surface area contributed by atoms with Crippen molar-refractivity contribution in [1.29, 1.82) is 5.26 Å². The molecule has 1 atom stereocenters. The standard InChI is InChI=1S/C5H8N2/c1-5(4-6)7-2-3-7/h5H,2-3H2,1H3. The van der Waals surface area contributed by atoms with Gasteiger partial charge in [-0.2, -0.15) is 5.26 Å². The minimum absolute atomic E-state index is 0.153. The van der Waals surface area contributed by atoms with Crippen molar-refractivity contribution in [2.24, 2.45) is 0 Å². The molecule has 38 valence electrons. The Hall–Kier alpha value is -0.550. The highest BCUT2D eigenvalue weighted by molar-refractivity contribution is 4.93. The summed E-state index contributed by atoms with van der Waals surface area (Å²) >= 11 is 0. The molecule has 0 bridgehead atoms. The molecule has 1 aliphatic rings. The van der Waals surface area contributed by atoms with Gasteiger partial charge in [0.25, 0.3) is 0 Å². The van der Waals surface area contributed by atoms with Crippen molar-refractivity contribution in [2.75, 3.05) is 13.1 Å². The lowest BCUT2D eigenvalue weighted by molar-refractivity contribution is 0.509. The first-order chi connectivity index (χ1) is 3.34. The van der Waals surface area contributed by atoms with Crippen molar-refractivity contribution in [3.05, 3.63) is 0 Å². The lowest BCUT2D eigenvalue weighted by Gasteiger charge is -1.96. The summed E-state index contributed by atoms with van der Waals surface area (Å²) in [6.45, 7) is 4.16. The second kappa shape index (κ2) is 1.51. The van der Waals surface area contributed by atoms with E-state index in [4.69, 9.17) is 5.26 Å². The van der Waals surface area contributed by atoms with Crippen LogP contribution in [-0.2, 0) is 0 Å². The molecule has 7 heavy (non-hydrogen) atoms. The smallest absolute Gasteiger partial charge is 0.0950 e. The van der Waals surface area contributed by atoms with Crippen LogP contribution in [0.5, 0.6) is 0 Å². The van der Waals surface area contributed by atoms with Crippen molar-refractivity contribution in [3.8, 4) is 6.07 Å². The second-order valence-corrected chi connectivity index (χ2v) is 1.84. The third kappa shape index (κ3) is 0.908. The van der Waals surface area contributed by atoms with Crippen LogP contribution in [0.3, 0.4) is 0 Å². The zero-order valence-electron chi connectivity index (χ0n) is 4.39. The van der Waals surface area contributed by atoms with E-state index in [9.17, 15) is 0 Å². The molecule has 1 aliphatic heterocycles. The lowest BCUT2D eigenvalue weighted by atomic mass is 10.4. The van der Waals surface area contributed by atoms with E-state index in [-0.39, 0.29) is 6.04 Å². The molecule has 2 nitrogen and oxygen atoms in total. The summed E-state index contributed by atoms with van der Waals surface area (Å²) in [7, 11) is 0. The quantitative estimate of drug-likeness (QED) is 0.436. The molecule has 1 heterocycles. The maximum Gasteiger partial charge on any atom is 0.0950 e. The Balaban J connectivity index is 2.27. The van der Waals surface area contributed by atoms with Crippen molar-refractivity contribution in [3.63, 3.8) is 0 Å². The predicted octanol–water partition coefficient (Wildman–Crippen LogP) is 0.214. The monoisotopic (exact) mass is 96.1 g/mol. The SMILES string of the molecule is CC(C#N)N1CC1. The van der Waals surface area contributed by atoms with Gasteiger partial charge in [0.1, 0.15) is 0 Å². The molecule has 0 aromatic rings. The van der Waals surface area contributed by atoms with Gasteiger partial charge >= 0.3 is 0 Å². The number of nitrogens with zero attached hydrogens (tertiary/aromatic N) is 2. The molecular weight excluding hydrogens is 88.1 g/mol. The van der Waals surface area contributed by atoms with Crippen LogP contribution in [0.1, 0.15) is 6.92 Å². The average molecular weight is 96.1 g/mol. The Morgan fingerprint density at radius 3 is 2.43 bits per heavy atom. The van der Waals surface area contributed by atoms with E-state index in [1.165, 1.54) is 0 Å². The Morgan fingerprint density at radius 2 is 2.29 bits per heavy atom. The third-order valence-electron chi connectivity index (χ3n) is 1.22. The van der Waals surface area contributed by atoms with E-state index in [1.807, 2.05) is 6.92 Å². The van der Waals surface area contributed by atoms with Crippen LogP contribution in [-0.4, -0.2) is 24.0 Å². The summed E-state index contributed by atoms with van der Waals surface area (Å²) in [5.41, 5.74) is 0. The van der Waals surface area contributed by atoms with E-state index in [0.29, 0.717) is 0 Å². The topological polar surface area (TPSA) is 26.8 Å². The first-order valence-corrected chi connectivity index (χ1v) is 2.48. The van der Waals surface area contributed by atoms with Gasteiger partial charge in [0.05, 0.1) is 12.1 Å². The molecule has 1 rings (SSSR count). The van der Waals surface area contributed by atoms with Crippen LogP contribution in [0, 0.1) is 11.3 Å². The van der Waals surface area contributed by atoms with E-state index in [2.05, 4.69) is 11.0 Å². The molecule has 0 aromatic heterocycles. The fourth-order valence-electron chi connectivity index (χ4n) is 0.527. The van der Waals surface area contributed by atoms with Gasteiger partial charge in [-0.3, -0.25) is 4.90 Å². The zero-order chi connectivity index (χ0) is 5.28. The Labute approximate surface area is 43.3 Å². The van der Waals surface area contributed by atoms with Crippen LogP contribution in [0.15, 0.2) is 0 Å². The highest BCUT2D eigenvalue weighted by Gasteiger charge is 2.22.